The van der Waals surface area contributed by atoms with Crippen LogP contribution >= 0.6 is 0 Å². The van der Waals surface area contributed by atoms with Gasteiger partial charge in [0.2, 0.25) is 0 Å². The van der Waals surface area contributed by atoms with E-state index in [-0.39, 0.29) is 5.82 Å². The molecule has 4 heteroatoms. The van der Waals surface area contributed by atoms with Crippen LogP contribution < -0.4 is 5.32 Å². The monoisotopic (exact) mass is 251 g/mol. The minimum absolute atomic E-state index is 0.121. The Morgan fingerprint density at radius 1 is 1.17 bits per heavy atom. The molecular weight excluding hydrogens is 229 g/mol. The molecule has 1 aliphatic rings. The van der Waals surface area contributed by atoms with Crippen molar-refractivity contribution in [3.63, 3.8) is 0 Å². The molecule has 100 valence electrons. The third-order valence-electron chi connectivity index (χ3n) is 3.47. The largest absolute Gasteiger partial charge is 0.311 e. The van der Waals surface area contributed by atoms with E-state index in [1.165, 1.54) is 6.07 Å². The number of hydrogen-bond donors (Lipinski definition) is 1. The van der Waals surface area contributed by atoms with Gasteiger partial charge in [0.05, 0.1) is 0 Å². The van der Waals surface area contributed by atoms with Gasteiger partial charge in [0.1, 0.15) is 5.82 Å². The lowest BCUT2D eigenvalue weighted by Crippen LogP contribution is -2.46. The maximum Gasteiger partial charge on any atom is 0.127 e. The third kappa shape index (κ3) is 4.05. The van der Waals surface area contributed by atoms with Crippen molar-refractivity contribution in [3.05, 3.63) is 35.6 Å². The van der Waals surface area contributed by atoms with Gasteiger partial charge < -0.3 is 10.2 Å². The SMILES string of the molecule is CN1CCN(CCNCc2ccccc2F)CC1. The van der Waals surface area contributed by atoms with E-state index in [9.17, 15) is 4.39 Å². The molecule has 0 radical (unpaired) electrons. The van der Waals surface area contributed by atoms with Crippen LogP contribution in [0.5, 0.6) is 0 Å². The second kappa shape index (κ2) is 6.83. The first-order valence-corrected chi connectivity index (χ1v) is 6.61. The normalized spacial score (nSPS) is 18.1. The summed E-state index contributed by atoms with van der Waals surface area (Å²) in [4.78, 5) is 4.80. The van der Waals surface area contributed by atoms with Crippen LogP contribution in [0.25, 0.3) is 0 Å². The van der Waals surface area contributed by atoms with Gasteiger partial charge in [-0.15, -0.1) is 0 Å². The molecule has 1 aromatic carbocycles. The predicted octanol–water partition coefficient (Wildman–Crippen LogP) is 1.16. The van der Waals surface area contributed by atoms with Crippen molar-refractivity contribution in [2.45, 2.75) is 6.54 Å². The first-order valence-electron chi connectivity index (χ1n) is 6.61. The Bertz CT molecular complexity index is 362. The summed E-state index contributed by atoms with van der Waals surface area (Å²) in [5, 5.41) is 3.31. The Balaban J connectivity index is 1.63. The standard InChI is InChI=1S/C14H22FN3/c1-17-8-10-18(11-9-17)7-6-16-12-13-4-2-3-5-14(13)15/h2-5,16H,6-12H2,1H3. The fraction of sp³-hybridized carbons (Fsp3) is 0.571. The molecular formula is C14H22FN3. The summed E-state index contributed by atoms with van der Waals surface area (Å²) in [6.07, 6.45) is 0. The summed E-state index contributed by atoms with van der Waals surface area (Å²) in [6.45, 7) is 7.14. The van der Waals surface area contributed by atoms with E-state index < -0.39 is 0 Å². The van der Waals surface area contributed by atoms with Gasteiger partial charge in [-0.05, 0) is 13.1 Å². The van der Waals surface area contributed by atoms with Gasteiger partial charge in [0.25, 0.3) is 0 Å². The second-order valence-corrected chi connectivity index (χ2v) is 4.91. The fourth-order valence-corrected chi connectivity index (χ4v) is 2.17. The highest BCUT2D eigenvalue weighted by molar-refractivity contribution is 5.16. The maximum atomic E-state index is 13.4. The molecule has 0 atom stereocenters. The molecule has 1 heterocycles. The zero-order valence-electron chi connectivity index (χ0n) is 11.0. The van der Waals surface area contributed by atoms with Gasteiger partial charge in [-0.3, -0.25) is 4.90 Å². The average molecular weight is 251 g/mol. The van der Waals surface area contributed by atoms with Gasteiger partial charge in [-0.2, -0.15) is 0 Å². The number of halogens is 1. The van der Waals surface area contributed by atoms with Gasteiger partial charge in [-0.1, -0.05) is 18.2 Å². The van der Waals surface area contributed by atoms with E-state index in [2.05, 4.69) is 22.2 Å². The summed E-state index contributed by atoms with van der Waals surface area (Å²) in [6, 6.07) is 6.94. The summed E-state index contributed by atoms with van der Waals surface area (Å²) < 4.78 is 13.4. The molecule has 0 amide bonds. The highest BCUT2D eigenvalue weighted by Gasteiger charge is 2.12. The number of hydrogen-bond acceptors (Lipinski definition) is 3. The molecule has 1 fully saturated rings. The quantitative estimate of drug-likeness (QED) is 0.792. The Morgan fingerprint density at radius 3 is 2.61 bits per heavy atom. The molecule has 1 aromatic rings. The number of nitrogens with one attached hydrogen (secondary N) is 1. The van der Waals surface area contributed by atoms with Gasteiger partial charge in [-0.25, -0.2) is 4.39 Å². The van der Waals surface area contributed by atoms with Gasteiger partial charge in [0, 0.05) is 51.4 Å². The van der Waals surface area contributed by atoms with E-state index in [4.69, 9.17) is 0 Å². The summed E-state index contributed by atoms with van der Waals surface area (Å²) in [7, 11) is 2.16. The lowest BCUT2D eigenvalue weighted by Gasteiger charge is -2.32. The number of nitrogens with zero attached hydrogens (tertiary/aromatic N) is 2. The van der Waals surface area contributed by atoms with E-state index >= 15 is 0 Å². The van der Waals surface area contributed by atoms with Crippen molar-refractivity contribution in [1.82, 2.24) is 15.1 Å². The lowest BCUT2D eigenvalue weighted by atomic mass is 10.2. The van der Waals surface area contributed by atoms with Crippen LogP contribution in [0, 0.1) is 5.82 Å². The molecule has 0 saturated carbocycles. The highest BCUT2D eigenvalue weighted by Crippen LogP contribution is 2.05. The second-order valence-electron chi connectivity index (χ2n) is 4.91. The van der Waals surface area contributed by atoms with Gasteiger partial charge in [0.15, 0.2) is 0 Å². The van der Waals surface area contributed by atoms with Crippen LogP contribution in [0.4, 0.5) is 4.39 Å². The average Bonchev–Trinajstić information content (AvgIpc) is 2.39. The smallest absolute Gasteiger partial charge is 0.127 e. The van der Waals surface area contributed by atoms with Crippen LogP contribution in [0.2, 0.25) is 0 Å². The van der Waals surface area contributed by atoms with Crippen molar-refractivity contribution in [1.29, 1.82) is 0 Å². The van der Waals surface area contributed by atoms with E-state index in [1.54, 1.807) is 6.07 Å². The lowest BCUT2D eigenvalue weighted by molar-refractivity contribution is 0.154. The van der Waals surface area contributed by atoms with Crippen molar-refractivity contribution in [2.75, 3.05) is 46.3 Å². The molecule has 0 unspecified atom stereocenters. The van der Waals surface area contributed by atoms with E-state index in [0.29, 0.717) is 6.54 Å². The molecule has 2 rings (SSSR count). The summed E-state index contributed by atoms with van der Waals surface area (Å²) in [5.74, 6) is -0.121. The molecule has 1 saturated heterocycles. The van der Waals surface area contributed by atoms with Crippen LogP contribution in [0.1, 0.15) is 5.56 Å². The van der Waals surface area contributed by atoms with Crippen LogP contribution in [-0.4, -0.2) is 56.1 Å². The van der Waals surface area contributed by atoms with E-state index in [0.717, 1.165) is 44.8 Å². The van der Waals surface area contributed by atoms with Crippen molar-refractivity contribution in [3.8, 4) is 0 Å². The molecule has 18 heavy (non-hydrogen) atoms. The predicted molar refractivity (Wildman–Crippen MR) is 72.0 cm³/mol. The summed E-state index contributed by atoms with van der Waals surface area (Å²) in [5.41, 5.74) is 0.746. The molecule has 0 aliphatic carbocycles. The molecule has 1 N–H and O–H groups in total. The highest BCUT2D eigenvalue weighted by atomic mass is 19.1. The van der Waals surface area contributed by atoms with Crippen LogP contribution in [0.15, 0.2) is 24.3 Å². The Hall–Kier alpha value is -0.970. The van der Waals surface area contributed by atoms with E-state index in [1.807, 2.05) is 12.1 Å². The summed E-state index contributed by atoms with van der Waals surface area (Å²) >= 11 is 0. The van der Waals surface area contributed by atoms with Crippen molar-refractivity contribution < 1.29 is 4.39 Å². The Morgan fingerprint density at radius 2 is 1.89 bits per heavy atom. The Labute approximate surface area is 109 Å². The first kappa shape index (κ1) is 13.5. The van der Waals surface area contributed by atoms with Crippen molar-refractivity contribution >= 4 is 0 Å². The van der Waals surface area contributed by atoms with Crippen LogP contribution in [0.3, 0.4) is 0 Å². The fourth-order valence-electron chi connectivity index (χ4n) is 2.17. The molecule has 3 nitrogen and oxygen atoms in total. The van der Waals surface area contributed by atoms with Crippen molar-refractivity contribution in [2.24, 2.45) is 0 Å². The minimum atomic E-state index is -0.121. The molecule has 0 bridgehead atoms. The third-order valence-corrected chi connectivity index (χ3v) is 3.47. The zero-order chi connectivity index (χ0) is 12.8. The Kier molecular flexibility index (Phi) is 5.11. The molecule has 0 spiro atoms. The minimum Gasteiger partial charge on any atom is -0.311 e. The van der Waals surface area contributed by atoms with Gasteiger partial charge >= 0.3 is 0 Å². The van der Waals surface area contributed by atoms with Crippen LogP contribution in [-0.2, 0) is 6.54 Å². The number of piperazine rings is 1. The molecule has 1 aliphatic heterocycles. The number of benzene rings is 1. The topological polar surface area (TPSA) is 18.5 Å². The molecule has 0 aromatic heterocycles. The zero-order valence-corrected chi connectivity index (χ0v) is 11.0. The first-order chi connectivity index (χ1) is 8.75. The number of likely N-dealkylation sites (N-methyl/N-ethyl adjacent to an activating group) is 1. The number of rotatable bonds is 5. The maximum absolute atomic E-state index is 13.4.